The number of rotatable bonds is 6. The average molecular weight is 269 g/mol. The summed E-state index contributed by atoms with van der Waals surface area (Å²) in [5, 5.41) is 13.5. The molecule has 98 valence electrons. The second kappa shape index (κ2) is 6.97. The lowest BCUT2D eigenvalue weighted by atomic mass is 10.2. The van der Waals surface area contributed by atoms with Crippen LogP contribution < -0.4 is 11.1 Å². The highest BCUT2D eigenvalue weighted by Gasteiger charge is 2.16. The standard InChI is InChI=1S/C11H15N3O3S/c1-18-10-4-3-8(7-9(10)14(16)17)11(15)13-6-2-5-12/h3-4,7H,2,5-6,12H2,1H3,(H,13,15). The number of benzene rings is 1. The summed E-state index contributed by atoms with van der Waals surface area (Å²) in [6.45, 7) is 0.958. The lowest BCUT2D eigenvalue weighted by Gasteiger charge is -2.05. The Morgan fingerprint density at radius 1 is 1.56 bits per heavy atom. The van der Waals surface area contributed by atoms with E-state index in [1.807, 2.05) is 0 Å². The fraction of sp³-hybridized carbons (Fsp3) is 0.364. The van der Waals surface area contributed by atoms with Crippen LogP contribution in [-0.4, -0.2) is 30.2 Å². The number of carbonyl (C=O) groups excluding carboxylic acids is 1. The summed E-state index contributed by atoms with van der Waals surface area (Å²) in [6.07, 6.45) is 2.43. The maximum atomic E-state index is 11.7. The van der Waals surface area contributed by atoms with E-state index in [2.05, 4.69) is 5.32 Å². The van der Waals surface area contributed by atoms with E-state index < -0.39 is 4.92 Å². The molecule has 0 aliphatic carbocycles. The second-order valence-corrected chi connectivity index (χ2v) is 4.39. The first kappa shape index (κ1) is 14.5. The third kappa shape index (κ3) is 3.71. The number of nitro benzene ring substituents is 1. The summed E-state index contributed by atoms with van der Waals surface area (Å²) < 4.78 is 0. The Labute approximate surface area is 109 Å². The number of nitro groups is 1. The Kier molecular flexibility index (Phi) is 5.60. The topological polar surface area (TPSA) is 98.3 Å². The zero-order chi connectivity index (χ0) is 13.5. The Morgan fingerprint density at radius 2 is 2.28 bits per heavy atom. The lowest BCUT2D eigenvalue weighted by molar-refractivity contribution is -0.387. The molecule has 18 heavy (non-hydrogen) atoms. The van der Waals surface area contributed by atoms with Crippen LogP contribution in [0.3, 0.4) is 0 Å². The summed E-state index contributed by atoms with van der Waals surface area (Å²) in [6, 6.07) is 4.46. The molecule has 0 spiro atoms. The molecule has 0 fully saturated rings. The van der Waals surface area contributed by atoms with E-state index in [-0.39, 0.29) is 17.2 Å². The smallest absolute Gasteiger partial charge is 0.283 e. The first-order chi connectivity index (χ1) is 8.60. The summed E-state index contributed by atoms with van der Waals surface area (Å²) in [4.78, 5) is 22.6. The molecule has 0 bridgehead atoms. The molecule has 0 heterocycles. The van der Waals surface area contributed by atoms with E-state index in [0.717, 1.165) is 0 Å². The van der Waals surface area contributed by atoms with Gasteiger partial charge in [-0.1, -0.05) is 0 Å². The van der Waals surface area contributed by atoms with E-state index in [9.17, 15) is 14.9 Å². The van der Waals surface area contributed by atoms with Crippen molar-refractivity contribution in [1.82, 2.24) is 5.32 Å². The molecule has 7 heteroatoms. The average Bonchev–Trinajstić information content (AvgIpc) is 2.38. The first-order valence-electron chi connectivity index (χ1n) is 5.41. The van der Waals surface area contributed by atoms with E-state index in [1.165, 1.54) is 17.8 Å². The van der Waals surface area contributed by atoms with Crippen molar-refractivity contribution in [3.8, 4) is 0 Å². The van der Waals surface area contributed by atoms with Gasteiger partial charge in [-0.25, -0.2) is 0 Å². The predicted octanol–water partition coefficient (Wildman–Crippen LogP) is 1.40. The van der Waals surface area contributed by atoms with Crippen LogP contribution in [0.1, 0.15) is 16.8 Å². The number of thioether (sulfide) groups is 1. The lowest BCUT2D eigenvalue weighted by Crippen LogP contribution is -2.26. The van der Waals surface area contributed by atoms with E-state index >= 15 is 0 Å². The molecule has 3 N–H and O–H groups in total. The number of hydrogen-bond acceptors (Lipinski definition) is 5. The monoisotopic (exact) mass is 269 g/mol. The van der Waals surface area contributed by atoms with Crippen LogP contribution in [-0.2, 0) is 0 Å². The molecule has 1 rings (SSSR count). The third-order valence-corrected chi connectivity index (χ3v) is 3.09. The Bertz CT molecular complexity index is 451. The van der Waals surface area contributed by atoms with Gasteiger partial charge >= 0.3 is 0 Å². The second-order valence-electron chi connectivity index (χ2n) is 3.54. The predicted molar refractivity (Wildman–Crippen MR) is 70.9 cm³/mol. The van der Waals surface area contributed by atoms with Gasteiger partial charge in [-0.2, -0.15) is 0 Å². The van der Waals surface area contributed by atoms with Crippen molar-refractivity contribution in [3.05, 3.63) is 33.9 Å². The van der Waals surface area contributed by atoms with Gasteiger partial charge in [-0.3, -0.25) is 14.9 Å². The van der Waals surface area contributed by atoms with Gasteiger partial charge < -0.3 is 11.1 Å². The van der Waals surface area contributed by atoms with Gasteiger partial charge in [0.15, 0.2) is 0 Å². The van der Waals surface area contributed by atoms with E-state index in [0.29, 0.717) is 24.4 Å². The van der Waals surface area contributed by atoms with Crippen LogP contribution in [0.2, 0.25) is 0 Å². The fourth-order valence-electron chi connectivity index (χ4n) is 1.38. The van der Waals surface area contributed by atoms with Crippen molar-refractivity contribution in [2.45, 2.75) is 11.3 Å². The van der Waals surface area contributed by atoms with Gasteiger partial charge in [0, 0.05) is 18.2 Å². The number of nitrogens with two attached hydrogens (primary N) is 1. The maximum absolute atomic E-state index is 11.7. The van der Waals surface area contributed by atoms with Gasteiger partial charge in [-0.15, -0.1) is 11.8 Å². The van der Waals surface area contributed by atoms with Crippen LogP contribution >= 0.6 is 11.8 Å². The molecule has 6 nitrogen and oxygen atoms in total. The third-order valence-electron chi connectivity index (χ3n) is 2.30. The van der Waals surface area contributed by atoms with Gasteiger partial charge in [0.25, 0.3) is 11.6 Å². The largest absolute Gasteiger partial charge is 0.352 e. The van der Waals surface area contributed by atoms with Crippen molar-refractivity contribution in [2.75, 3.05) is 19.3 Å². The first-order valence-corrected chi connectivity index (χ1v) is 6.63. The van der Waals surface area contributed by atoms with Crippen molar-refractivity contribution in [1.29, 1.82) is 0 Å². The van der Waals surface area contributed by atoms with E-state index in [4.69, 9.17) is 5.73 Å². The summed E-state index contributed by atoms with van der Waals surface area (Å²) in [5.41, 5.74) is 5.55. The molecule has 0 saturated heterocycles. The highest BCUT2D eigenvalue weighted by atomic mass is 32.2. The molecule has 0 aromatic heterocycles. The summed E-state index contributed by atoms with van der Waals surface area (Å²) in [5.74, 6) is -0.320. The van der Waals surface area contributed by atoms with Crippen LogP contribution in [0.5, 0.6) is 0 Å². The number of nitrogens with one attached hydrogen (secondary N) is 1. The van der Waals surface area contributed by atoms with E-state index in [1.54, 1.807) is 18.4 Å². The molecule has 0 saturated carbocycles. The maximum Gasteiger partial charge on any atom is 0.283 e. The minimum absolute atomic E-state index is 0.0472. The summed E-state index contributed by atoms with van der Waals surface area (Å²) in [7, 11) is 0. The van der Waals surface area contributed by atoms with Gasteiger partial charge in [-0.05, 0) is 31.4 Å². The van der Waals surface area contributed by atoms with Crippen molar-refractivity contribution in [3.63, 3.8) is 0 Å². The highest BCUT2D eigenvalue weighted by molar-refractivity contribution is 7.98. The van der Waals surface area contributed by atoms with Gasteiger partial charge in [0.05, 0.1) is 9.82 Å². The molecular formula is C11H15N3O3S. The zero-order valence-electron chi connectivity index (χ0n) is 10.0. The number of carbonyl (C=O) groups is 1. The van der Waals surface area contributed by atoms with Crippen LogP contribution in [0.15, 0.2) is 23.1 Å². The molecule has 0 unspecified atom stereocenters. The number of hydrogen-bond donors (Lipinski definition) is 2. The molecular weight excluding hydrogens is 254 g/mol. The fourth-order valence-corrected chi connectivity index (χ4v) is 1.93. The minimum Gasteiger partial charge on any atom is -0.352 e. The zero-order valence-corrected chi connectivity index (χ0v) is 10.8. The molecule has 1 aromatic rings. The molecule has 1 aromatic carbocycles. The molecule has 0 aliphatic heterocycles. The Morgan fingerprint density at radius 3 is 2.83 bits per heavy atom. The minimum atomic E-state index is -0.484. The van der Waals surface area contributed by atoms with Crippen molar-refractivity contribution in [2.24, 2.45) is 5.73 Å². The molecule has 0 atom stereocenters. The number of nitrogens with zero attached hydrogens (tertiary/aromatic N) is 1. The molecule has 0 radical (unpaired) electrons. The van der Waals surface area contributed by atoms with Gasteiger partial charge in [0.1, 0.15) is 0 Å². The SMILES string of the molecule is CSc1ccc(C(=O)NCCCN)cc1[N+](=O)[O-]. The van der Waals surface area contributed by atoms with Crippen molar-refractivity contribution >= 4 is 23.4 Å². The van der Waals surface area contributed by atoms with Crippen LogP contribution in [0.4, 0.5) is 5.69 Å². The summed E-state index contributed by atoms with van der Waals surface area (Å²) >= 11 is 1.28. The van der Waals surface area contributed by atoms with Crippen LogP contribution in [0, 0.1) is 10.1 Å². The van der Waals surface area contributed by atoms with Gasteiger partial charge in [0.2, 0.25) is 0 Å². The quantitative estimate of drug-likeness (QED) is 0.352. The highest BCUT2D eigenvalue weighted by Crippen LogP contribution is 2.28. The number of amides is 1. The van der Waals surface area contributed by atoms with Crippen LogP contribution in [0.25, 0.3) is 0 Å². The van der Waals surface area contributed by atoms with Crippen molar-refractivity contribution < 1.29 is 9.72 Å². The Balaban J connectivity index is 2.87. The molecule has 0 aliphatic rings. The molecule has 1 amide bonds. The normalized spacial score (nSPS) is 10.1. The Hall–Kier alpha value is -1.60.